The summed E-state index contributed by atoms with van der Waals surface area (Å²) in [6, 6.07) is 14.4. The second kappa shape index (κ2) is 6.88. The van der Waals surface area contributed by atoms with Gasteiger partial charge in [0, 0.05) is 31.4 Å². The van der Waals surface area contributed by atoms with Crippen LogP contribution in [0.3, 0.4) is 0 Å². The molecule has 0 aromatic heterocycles. The highest BCUT2D eigenvalue weighted by Gasteiger charge is 2.08. The number of nitrogens with zero attached hydrogens (tertiary/aromatic N) is 1. The largest absolute Gasteiger partial charge is 0.373 e. The van der Waals surface area contributed by atoms with Gasteiger partial charge in [-0.25, -0.2) is 4.39 Å². The van der Waals surface area contributed by atoms with E-state index in [1.165, 1.54) is 6.07 Å². The van der Waals surface area contributed by atoms with E-state index in [0.717, 1.165) is 5.69 Å². The van der Waals surface area contributed by atoms with Crippen molar-refractivity contribution in [2.75, 3.05) is 25.0 Å². The number of benzene rings is 2. The van der Waals surface area contributed by atoms with Gasteiger partial charge < -0.3 is 10.2 Å². The minimum atomic E-state index is -0.357. The van der Waals surface area contributed by atoms with E-state index in [-0.39, 0.29) is 11.7 Å². The van der Waals surface area contributed by atoms with Crippen molar-refractivity contribution in [3.05, 3.63) is 65.5 Å². The van der Waals surface area contributed by atoms with Crippen molar-refractivity contribution in [1.82, 2.24) is 5.32 Å². The molecule has 0 radical (unpaired) electrons. The maximum atomic E-state index is 13.4. The van der Waals surface area contributed by atoms with Gasteiger partial charge in [0.1, 0.15) is 5.82 Å². The normalized spacial score (nSPS) is 10.2. The van der Waals surface area contributed by atoms with Crippen LogP contribution in [0.25, 0.3) is 0 Å². The number of amides is 1. The summed E-state index contributed by atoms with van der Waals surface area (Å²) < 4.78 is 13.4. The maximum Gasteiger partial charge on any atom is 0.251 e. The fourth-order valence-electron chi connectivity index (χ4n) is 1.98. The van der Waals surface area contributed by atoms with Crippen molar-refractivity contribution in [2.45, 2.75) is 6.92 Å². The molecule has 0 spiro atoms. The molecule has 110 valence electrons. The molecule has 0 saturated heterocycles. The van der Waals surface area contributed by atoms with Gasteiger partial charge in [-0.3, -0.25) is 4.79 Å². The van der Waals surface area contributed by atoms with E-state index in [2.05, 4.69) is 10.2 Å². The first-order chi connectivity index (χ1) is 10.1. The summed E-state index contributed by atoms with van der Waals surface area (Å²) in [4.78, 5) is 14.0. The maximum absolute atomic E-state index is 13.4. The minimum Gasteiger partial charge on any atom is -0.373 e. The molecule has 2 rings (SSSR count). The molecule has 0 saturated carbocycles. The summed E-state index contributed by atoms with van der Waals surface area (Å²) in [5.74, 6) is -0.612. The SMILES string of the molecule is Cc1ccc(C(=O)NCCN(C)c2ccccc2)cc1F. The van der Waals surface area contributed by atoms with Crippen LogP contribution in [0.15, 0.2) is 48.5 Å². The van der Waals surface area contributed by atoms with Gasteiger partial charge in [0.15, 0.2) is 0 Å². The average molecular weight is 286 g/mol. The summed E-state index contributed by atoms with van der Waals surface area (Å²) >= 11 is 0. The molecule has 0 aliphatic rings. The van der Waals surface area contributed by atoms with Crippen molar-refractivity contribution < 1.29 is 9.18 Å². The number of hydrogen-bond donors (Lipinski definition) is 1. The minimum absolute atomic E-state index is 0.254. The Morgan fingerprint density at radius 3 is 2.57 bits per heavy atom. The first kappa shape index (κ1) is 15.0. The summed E-state index contributed by atoms with van der Waals surface area (Å²) in [7, 11) is 1.97. The van der Waals surface area contributed by atoms with Gasteiger partial charge in [-0.1, -0.05) is 24.3 Å². The highest BCUT2D eigenvalue weighted by molar-refractivity contribution is 5.94. The fourth-order valence-corrected chi connectivity index (χ4v) is 1.98. The summed E-state index contributed by atoms with van der Waals surface area (Å²) in [5, 5.41) is 2.80. The van der Waals surface area contributed by atoms with Crippen LogP contribution in [0.5, 0.6) is 0 Å². The molecule has 0 bridgehead atoms. The van der Waals surface area contributed by atoms with Crippen LogP contribution < -0.4 is 10.2 Å². The second-order valence-corrected chi connectivity index (χ2v) is 4.98. The number of anilines is 1. The number of para-hydroxylation sites is 1. The van der Waals surface area contributed by atoms with E-state index >= 15 is 0 Å². The topological polar surface area (TPSA) is 32.3 Å². The molecule has 3 nitrogen and oxygen atoms in total. The van der Waals surface area contributed by atoms with E-state index in [0.29, 0.717) is 24.2 Å². The zero-order chi connectivity index (χ0) is 15.2. The molecule has 2 aromatic carbocycles. The molecule has 0 fully saturated rings. The lowest BCUT2D eigenvalue weighted by molar-refractivity contribution is 0.0954. The third-order valence-electron chi connectivity index (χ3n) is 3.36. The molecule has 1 N–H and O–H groups in total. The monoisotopic (exact) mass is 286 g/mol. The van der Waals surface area contributed by atoms with Gasteiger partial charge in [0.05, 0.1) is 0 Å². The van der Waals surface area contributed by atoms with Crippen molar-refractivity contribution in [3.63, 3.8) is 0 Å². The Hall–Kier alpha value is -2.36. The second-order valence-electron chi connectivity index (χ2n) is 4.98. The zero-order valence-corrected chi connectivity index (χ0v) is 12.3. The van der Waals surface area contributed by atoms with Crippen LogP contribution in [0.2, 0.25) is 0 Å². The van der Waals surface area contributed by atoms with Crippen LogP contribution in [0, 0.1) is 12.7 Å². The lowest BCUT2D eigenvalue weighted by atomic mass is 10.1. The van der Waals surface area contributed by atoms with Crippen molar-refractivity contribution >= 4 is 11.6 Å². The van der Waals surface area contributed by atoms with Gasteiger partial charge in [-0.2, -0.15) is 0 Å². The number of carbonyl (C=O) groups excluding carboxylic acids is 1. The number of nitrogens with one attached hydrogen (secondary N) is 1. The van der Waals surface area contributed by atoms with E-state index < -0.39 is 0 Å². The highest BCUT2D eigenvalue weighted by Crippen LogP contribution is 2.10. The smallest absolute Gasteiger partial charge is 0.251 e. The molecule has 4 heteroatoms. The quantitative estimate of drug-likeness (QED) is 0.916. The number of carbonyl (C=O) groups is 1. The van der Waals surface area contributed by atoms with Crippen molar-refractivity contribution in [2.24, 2.45) is 0 Å². The Balaban J connectivity index is 1.85. The Morgan fingerprint density at radius 1 is 1.19 bits per heavy atom. The Labute approximate surface area is 124 Å². The lowest BCUT2D eigenvalue weighted by Crippen LogP contribution is -2.33. The Morgan fingerprint density at radius 2 is 1.90 bits per heavy atom. The van der Waals surface area contributed by atoms with E-state index in [1.54, 1.807) is 19.1 Å². The van der Waals surface area contributed by atoms with Gasteiger partial charge in [0.2, 0.25) is 0 Å². The molecule has 0 heterocycles. The first-order valence-electron chi connectivity index (χ1n) is 6.88. The molecule has 0 atom stereocenters. The van der Waals surface area contributed by atoms with Gasteiger partial charge in [-0.05, 0) is 36.8 Å². The summed E-state index contributed by atoms with van der Waals surface area (Å²) in [6.07, 6.45) is 0. The highest BCUT2D eigenvalue weighted by atomic mass is 19.1. The Bertz CT molecular complexity index is 613. The Kier molecular flexibility index (Phi) is 4.93. The molecule has 21 heavy (non-hydrogen) atoms. The third kappa shape index (κ3) is 4.05. The number of halogens is 1. The molecule has 1 amide bonds. The molecular formula is C17H19FN2O. The van der Waals surface area contributed by atoms with Gasteiger partial charge in [-0.15, -0.1) is 0 Å². The molecular weight excluding hydrogens is 267 g/mol. The van der Waals surface area contributed by atoms with Crippen LogP contribution in [-0.2, 0) is 0 Å². The van der Waals surface area contributed by atoms with E-state index in [9.17, 15) is 9.18 Å². The van der Waals surface area contributed by atoms with Crippen LogP contribution in [0.1, 0.15) is 15.9 Å². The molecule has 0 aliphatic heterocycles. The summed E-state index contributed by atoms with van der Waals surface area (Å²) in [5.41, 5.74) is 1.98. The standard InChI is InChI=1S/C17H19FN2O/c1-13-8-9-14(12-16(13)18)17(21)19-10-11-20(2)15-6-4-3-5-7-15/h3-9,12H,10-11H2,1-2H3,(H,19,21). The van der Waals surface area contributed by atoms with Gasteiger partial charge in [0.25, 0.3) is 5.91 Å². The van der Waals surface area contributed by atoms with Gasteiger partial charge >= 0.3 is 0 Å². The molecule has 0 aliphatic carbocycles. The van der Waals surface area contributed by atoms with Crippen molar-refractivity contribution in [3.8, 4) is 0 Å². The number of rotatable bonds is 5. The number of hydrogen-bond acceptors (Lipinski definition) is 2. The van der Waals surface area contributed by atoms with Crippen molar-refractivity contribution in [1.29, 1.82) is 0 Å². The molecule has 0 unspecified atom stereocenters. The van der Waals surface area contributed by atoms with Crippen LogP contribution >= 0.6 is 0 Å². The summed E-state index contributed by atoms with van der Waals surface area (Å²) in [6.45, 7) is 2.86. The zero-order valence-electron chi connectivity index (χ0n) is 12.3. The predicted octanol–water partition coefficient (Wildman–Crippen LogP) is 3.00. The average Bonchev–Trinajstić information content (AvgIpc) is 2.50. The van der Waals surface area contributed by atoms with Crippen LogP contribution in [-0.4, -0.2) is 26.0 Å². The number of aryl methyl sites for hydroxylation is 1. The predicted molar refractivity (Wildman–Crippen MR) is 83.2 cm³/mol. The van der Waals surface area contributed by atoms with E-state index in [1.807, 2.05) is 37.4 Å². The first-order valence-corrected chi connectivity index (χ1v) is 6.88. The number of likely N-dealkylation sites (N-methyl/N-ethyl adjacent to an activating group) is 1. The van der Waals surface area contributed by atoms with E-state index in [4.69, 9.17) is 0 Å². The molecule has 2 aromatic rings. The van der Waals surface area contributed by atoms with Crippen LogP contribution in [0.4, 0.5) is 10.1 Å². The third-order valence-corrected chi connectivity index (χ3v) is 3.36. The lowest BCUT2D eigenvalue weighted by Gasteiger charge is -2.19. The fraction of sp³-hybridized carbons (Fsp3) is 0.235.